The molecule has 9 heteroatoms. The lowest BCUT2D eigenvalue weighted by molar-refractivity contribution is 0.111. The van der Waals surface area contributed by atoms with E-state index in [0.717, 1.165) is 32.5 Å². The maximum Gasteiger partial charge on any atom is 0.229 e. The van der Waals surface area contributed by atoms with Gasteiger partial charge in [0.2, 0.25) is 5.95 Å². The van der Waals surface area contributed by atoms with Gasteiger partial charge in [0.15, 0.2) is 5.65 Å². The monoisotopic (exact) mass is 442 g/mol. The summed E-state index contributed by atoms with van der Waals surface area (Å²) < 4.78 is 21.7. The molecule has 6 bridgehead atoms. The summed E-state index contributed by atoms with van der Waals surface area (Å²) in [7, 11) is 0. The van der Waals surface area contributed by atoms with Crippen molar-refractivity contribution in [3.8, 4) is 11.4 Å². The number of anilines is 1. The molecule has 0 spiro atoms. The van der Waals surface area contributed by atoms with E-state index in [1.165, 1.54) is 31.4 Å². The maximum atomic E-state index is 14.0. The Bertz CT molecular complexity index is 1120. The molecule has 0 amide bonds. The Balaban J connectivity index is 1.47. The van der Waals surface area contributed by atoms with Gasteiger partial charge in [0, 0.05) is 31.2 Å². The summed E-state index contributed by atoms with van der Waals surface area (Å²) in [4.78, 5) is 14.3. The maximum absolute atomic E-state index is 14.0. The average Bonchev–Trinajstić information content (AvgIpc) is 3.17. The molecular formula is C22H24ClFN6O. The van der Waals surface area contributed by atoms with Gasteiger partial charge in [-0.2, -0.15) is 10.1 Å². The molecule has 1 aromatic carbocycles. The summed E-state index contributed by atoms with van der Waals surface area (Å²) in [5, 5.41) is 5.56. The number of halogens is 2. The molecule has 3 atom stereocenters. The van der Waals surface area contributed by atoms with E-state index in [9.17, 15) is 4.39 Å². The van der Waals surface area contributed by atoms with Crippen molar-refractivity contribution in [1.82, 2.24) is 24.6 Å². The molecule has 5 aliphatic rings. The van der Waals surface area contributed by atoms with Crippen molar-refractivity contribution in [2.24, 2.45) is 0 Å². The summed E-state index contributed by atoms with van der Waals surface area (Å²) in [6, 6.07) is 5.34. The van der Waals surface area contributed by atoms with Crippen molar-refractivity contribution in [3.05, 3.63) is 35.4 Å². The number of fused-ring (bicyclic) bond motifs is 6. The van der Waals surface area contributed by atoms with E-state index in [0.29, 0.717) is 52.3 Å². The van der Waals surface area contributed by atoms with E-state index >= 15 is 0 Å². The quantitative estimate of drug-likeness (QED) is 0.493. The van der Waals surface area contributed by atoms with Crippen molar-refractivity contribution in [2.75, 3.05) is 31.1 Å². The molecule has 3 aromatic rings. The number of piperidine rings is 1. The van der Waals surface area contributed by atoms with Crippen LogP contribution in [0.3, 0.4) is 0 Å². The second kappa shape index (κ2) is 7.60. The van der Waals surface area contributed by atoms with E-state index in [1.807, 2.05) is 0 Å². The van der Waals surface area contributed by atoms with Crippen LogP contribution in [0.5, 0.6) is 5.75 Å². The lowest BCUT2D eigenvalue weighted by atomic mass is 9.87. The third-order valence-corrected chi connectivity index (χ3v) is 6.93. The van der Waals surface area contributed by atoms with Gasteiger partial charge in [0.25, 0.3) is 0 Å². The molecule has 2 aromatic heterocycles. The zero-order valence-corrected chi connectivity index (χ0v) is 17.9. The number of piperazine rings is 1. The predicted molar refractivity (Wildman–Crippen MR) is 117 cm³/mol. The number of ether oxygens (including phenoxy) is 1. The Morgan fingerprint density at radius 2 is 1.90 bits per heavy atom. The molecule has 8 rings (SSSR count). The molecule has 0 radical (unpaired) electrons. The van der Waals surface area contributed by atoms with Crippen molar-refractivity contribution in [1.29, 1.82) is 0 Å². The minimum absolute atomic E-state index is 0.341. The Hall–Kier alpha value is -2.45. The first-order valence-corrected chi connectivity index (χ1v) is 11.4. The van der Waals surface area contributed by atoms with Crippen LogP contribution in [0.1, 0.15) is 32.1 Å². The number of hydrogen-bond acceptors (Lipinski definition) is 6. The first kappa shape index (κ1) is 19.3. The van der Waals surface area contributed by atoms with Gasteiger partial charge in [-0.15, -0.1) is 0 Å². The molecule has 7 heterocycles. The Kier molecular flexibility index (Phi) is 4.72. The van der Waals surface area contributed by atoms with Gasteiger partial charge >= 0.3 is 0 Å². The van der Waals surface area contributed by atoms with Crippen LogP contribution >= 0.6 is 11.6 Å². The summed E-state index contributed by atoms with van der Waals surface area (Å²) in [6.45, 7) is 3.75. The van der Waals surface area contributed by atoms with Gasteiger partial charge in [-0.25, -0.2) is 14.1 Å². The number of nitrogens with zero attached hydrogens (tertiary/aromatic N) is 6. The van der Waals surface area contributed by atoms with Crippen LogP contribution in [0.15, 0.2) is 24.4 Å². The van der Waals surface area contributed by atoms with Gasteiger partial charge in [0.05, 0.1) is 18.2 Å². The minimum Gasteiger partial charge on any atom is -0.491 e. The van der Waals surface area contributed by atoms with Crippen LogP contribution < -0.4 is 9.64 Å². The topological polar surface area (TPSA) is 59.3 Å². The zero-order chi connectivity index (χ0) is 20.9. The smallest absolute Gasteiger partial charge is 0.229 e. The minimum atomic E-state index is -0.341. The molecule has 3 saturated heterocycles. The van der Waals surface area contributed by atoms with Crippen molar-refractivity contribution >= 4 is 28.6 Å². The molecule has 1 unspecified atom stereocenters. The van der Waals surface area contributed by atoms with Crippen LogP contribution in [0.4, 0.5) is 10.3 Å². The van der Waals surface area contributed by atoms with Crippen LogP contribution in [0.2, 0.25) is 5.15 Å². The standard InChI is InChI=1S/C22H24ClFN6O/c23-20-17-11-25-30-18-6-5-14(24)9-19(18)31-8-4-2-1-3-7-28-12-15-10-16(13-28)29(15)22(26-20)27-21(17)30/h5-6,9,11,15-16H,1-4,7-8,10,12-13H2/t15-,16+. The van der Waals surface area contributed by atoms with Crippen LogP contribution in [0, 0.1) is 5.82 Å². The van der Waals surface area contributed by atoms with Crippen molar-refractivity contribution < 1.29 is 9.13 Å². The fourth-order valence-corrected chi connectivity index (χ4v) is 5.32. The molecule has 5 aliphatic heterocycles. The SMILES string of the molecule is Fc1ccc2c(c1)OCCCCCCN1C[C@H]3C[C@@H](C1)N3c1nc(Cl)c3cnn-2c3n1. The number of benzene rings is 1. The van der Waals surface area contributed by atoms with E-state index in [4.69, 9.17) is 21.3 Å². The fourth-order valence-electron chi connectivity index (χ4n) is 5.11. The van der Waals surface area contributed by atoms with E-state index in [1.54, 1.807) is 16.9 Å². The highest BCUT2D eigenvalue weighted by molar-refractivity contribution is 6.34. The van der Waals surface area contributed by atoms with Gasteiger partial charge in [-0.05, 0) is 37.9 Å². The number of aromatic nitrogens is 4. The Morgan fingerprint density at radius 3 is 2.77 bits per heavy atom. The Labute approximate surface area is 184 Å². The lowest BCUT2D eigenvalue weighted by Crippen LogP contribution is -2.69. The zero-order valence-electron chi connectivity index (χ0n) is 17.2. The highest BCUT2D eigenvalue weighted by Gasteiger charge is 2.46. The van der Waals surface area contributed by atoms with Gasteiger partial charge in [0.1, 0.15) is 22.4 Å². The van der Waals surface area contributed by atoms with E-state index in [2.05, 4.69) is 19.9 Å². The highest BCUT2D eigenvalue weighted by Crippen LogP contribution is 2.37. The molecular weight excluding hydrogens is 419 g/mol. The van der Waals surface area contributed by atoms with Crippen LogP contribution in [-0.4, -0.2) is 63.0 Å². The van der Waals surface area contributed by atoms with Gasteiger partial charge in [-0.3, -0.25) is 4.90 Å². The summed E-state index contributed by atoms with van der Waals surface area (Å²) in [5.74, 6) is 0.765. The molecule has 0 N–H and O–H groups in total. The molecule has 3 fully saturated rings. The normalized spacial score (nSPS) is 25.7. The first-order valence-electron chi connectivity index (χ1n) is 11.0. The number of hydrogen-bond donors (Lipinski definition) is 0. The lowest BCUT2D eigenvalue weighted by Gasteiger charge is -2.56. The predicted octanol–water partition coefficient (Wildman–Crippen LogP) is 3.82. The molecule has 0 aliphatic carbocycles. The van der Waals surface area contributed by atoms with E-state index < -0.39 is 0 Å². The third-order valence-electron chi connectivity index (χ3n) is 6.65. The highest BCUT2D eigenvalue weighted by atomic mass is 35.5. The molecule has 31 heavy (non-hydrogen) atoms. The third kappa shape index (κ3) is 3.32. The molecule has 162 valence electrons. The fraction of sp³-hybridized carbons (Fsp3) is 0.500. The largest absolute Gasteiger partial charge is 0.491 e. The van der Waals surface area contributed by atoms with Gasteiger partial charge < -0.3 is 9.64 Å². The Morgan fingerprint density at radius 1 is 1.06 bits per heavy atom. The van der Waals surface area contributed by atoms with Gasteiger partial charge in [-0.1, -0.05) is 24.4 Å². The average molecular weight is 443 g/mol. The van der Waals surface area contributed by atoms with Crippen molar-refractivity contribution in [2.45, 2.75) is 44.2 Å². The van der Waals surface area contributed by atoms with Crippen LogP contribution in [-0.2, 0) is 0 Å². The van der Waals surface area contributed by atoms with Crippen LogP contribution in [0.25, 0.3) is 16.7 Å². The number of rotatable bonds is 0. The molecule has 7 nitrogen and oxygen atoms in total. The van der Waals surface area contributed by atoms with Crippen molar-refractivity contribution in [3.63, 3.8) is 0 Å². The summed E-state index contributed by atoms with van der Waals surface area (Å²) >= 11 is 6.55. The summed E-state index contributed by atoms with van der Waals surface area (Å²) in [5.41, 5.74) is 1.26. The summed E-state index contributed by atoms with van der Waals surface area (Å²) in [6.07, 6.45) is 7.23. The second-order valence-electron chi connectivity index (χ2n) is 8.69. The first-order chi connectivity index (χ1) is 15.2. The molecule has 0 saturated carbocycles. The van der Waals surface area contributed by atoms with E-state index in [-0.39, 0.29) is 5.82 Å². The second-order valence-corrected chi connectivity index (χ2v) is 9.05.